The molecule has 114 valence electrons. The molecule has 1 aromatic rings. The Morgan fingerprint density at radius 3 is 2.71 bits per heavy atom. The summed E-state index contributed by atoms with van der Waals surface area (Å²) in [6.07, 6.45) is 3.66. The summed E-state index contributed by atoms with van der Waals surface area (Å²) in [6.45, 7) is 3.50. The van der Waals surface area contributed by atoms with E-state index in [1.807, 2.05) is 19.1 Å². The largest absolute Gasteiger partial charge is 0.366 e. The summed E-state index contributed by atoms with van der Waals surface area (Å²) < 4.78 is 0. The van der Waals surface area contributed by atoms with E-state index in [1.54, 1.807) is 6.07 Å². The predicted molar refractivity (Wildman–Crippen MR) is 81.8 cm³/mol. The molecule has 2 rings (SSSR count). The van der Waals surface area contributed by atoms with Crippen molar-refractivity contribution >= 4 is 11.8 Å². The summed E-state index contributed by atoms with van der Waals surface area (Å²) in [5, 5.41) is 6.30. The Kier molecular flexibility index (Phi) is 5.33. The molecule has 0 saturated heterocycles. The van der Waals surface area contributed by atoms with Crippen LogP contribution < -0.4 is 16.4 Å². The van der Waals surface area contributed by atoms with E-state index in [0.29, 0.717) is 18.0 Å². The number of aryl methyl sites for hydroxylation is 1. The molecule has 4 N–H and O–H groups in total. The van der Waals surface area contributed by atoms with Gasteiger partial charge in [0, 0.05) is 24.6 Å². The maximum Gasteiger partial charge on any atom is 0.248 e. The van der Waals surface area contributed by atoms with Gasteiger partial charge in [-0.1, -0.05) is 6.07 Å². The fourth-order valence-corrected chi connectivity index (χ4v) is 2.17. The van der Waals surface area contributed by atoms with Crippen molar-refractivity contribution in [1.29, 1.82) is 0 Å². The normalized spacial score (nSPS) is 14.0. The Hall–Kier alpha value is -1.88. The quantitative estimate of drug-likeness (QED) is 0.630. The van der Waals surface area contributed by atoms with Crippen molar-refractivity contribution in [3.63, 3.8) is 0 Å². The van der Waals surface area contributed by atoms with Crippen LogP contribution in [0.15, 0.2) is 18.2 Å². The maximum atomic E-state index is 11.5. The smallest absolute Gasteiger partial charge is 0.248 e. The second kappa shape index (κ2) is 7.22. The number of primary amides is 1. The van der Waals surface area contributed by atoms with Crippen LogP contribution in [-0.4, -0.2) is 24.4 Å². The average molecular weight is 289 g/mol. The SMILES string of the molecule is Cc1cc(C(N)=O)ccc1CNCCCC(=O)NC1CC1. The van der Waals surface area contributed by atoms with E-state index in [0.717, 1.165) is 43.5 Å². The van der Waals surface area contributed by atoms with E-state index in [4.69, 9.17) is 5.73 Å². The Labute approximate surface area is 125 Å². The topological polar surface area (TPSA) is 84.2 Å². The highest BCUT2D eigenvalue weighted by molar-refractivity contribution is 5.93. The van der Waals surface area contributed by atoms with Gasteiger partial charge in [0.05, 0.1) is 0 Å². The van der Waals surface area contributed by atoms with Crippen LogP contribution in [-0.2, 0) is 11.3 Å². The van der Waals surface area contributed by atoms with E-state index < -0.39 is 5.91 Å². The monoisotopic (exact) mass is 289 g/mol. The van der Waals surface area contributed by atoms with Crippen LogP contribution in [0.5, 0.6) is 0 Å². The number of nitrogens with one attached hydrogen (secondary N) is 2. The first-order valence-corrected chi connectivity index (χ1v) is 7.45. The van der Waals surface area contributed by atoms with Crippen LogP contribution in [0.25, 0.3) is 0 Å². The van der Waals surface area contributed by atoms with Gasteiger partial charge in [-0.05, 0) is 56.0 Å². The molecule has 0 aliphatic heterocycles. The highest BCUT2D eigenvalue weighted by Gasteiger charge is 2.22. The molecule has 0 aromatic heterocycles. The molecule has 0 unspecified atom stereocenters. The molecule has 1 aromatic carbocycles. The third-order valence-electron chi connectivity index (χ3n) is 3.64. The highest BCUT2D eigenvalue weighted by Crippen LogP contribution is 2.18. The lowest BCUT2D eigenvalue weighted by molar-refractivity contribution is -0.121. The molecule has 0 radical (unpaired) electrons. The molecule has 0 spiro atoms. The number of carbonyl (C=O) groups excluding carboxylic acids is 2. The Morgan fingerprint density at radius 2 is 2.10 bits per heavy atom. The molecule has 1 saturated carbocycles. The van der Waals surface area contributed by atoms with E-state index in [2.05, 4.69) is 10.6 Å². The summed E-state index contributed by atoms with van der Waals surface area (Å²) in [4.78, 5) is 22.6. The van der Waals surface area contributed by atoms with Crippen LogP contribution in [0.4, 0.5) is 0 Å². The molecular formula is C16H23N3O2. The minimum absolute atomic E-state index is 0.154. The van der Waals surface area contributed by atoms with Crippen molar-refractivity contribution in [2.75, 3.05) is 6.54 Å². The molecule has 1 aliphatic rings. The summed E-state index contributed by atoms with van der Waals surface area (Å²) in [6, 6.07) is 5.91. The van der Waals surface area contributed by atoms with Gasteiger partial charge in [0.15, 0.2) is 0 Å². The molecule has 0 atom stereocenters. The summed E-state index contributed by atoms with van der Waals surface area (Å²) in [7, 11) is 0. The molecule has 2 amide bonds. The van der Waals surface area contributed by atoms with Crippen LogP contribution >= 0.6 is 0 Å². The van der Waals surface area contributed by atoms with E-state index in [9.17, 15) is 9.59 Å². The van der Waals surface area contributed by atoms with Gasteiger partial charge < -0.3 is 16.4 Å². The van der Waals surface area contributed by atoms with Crippen molar-refractivity contribution in [3.05, 3.63) is 34.9 Å². The van der Waals surface area contributed by atoms with Crippen molar-refractivity contribution in [2.45, 2.75) is 45.2 Å². The van der Waals surface area contributed by atoms with Gasteiger partial charge in [-0.2, -0.15) is 0 Å². The number of rotatable bonds is 8. The maximum absolute atomic E-state index is 11.5. The Bertz CT molecular complexity index is 524. The summed E-state index contributed by atoms with van der Waals surface area (Å²) in [5.74, 6) is -0.249. The minimum atomic E-state index is -0.403. The van der Waals surface area contributed by atoms with E-state index in [-0.39, 0.29) is 5.91 Å². The lowest BCUT2D eigenvalue weighted by Gasteiger charge is -2.09. The lowest BCUT2D eigenvalue weighted by atomic mass is 10.0. The fourth-order valence-electron chi connectivity index (χ4n) is 2.17. The Balaban J connectivity index is 1.66. The van der Waals surface area contributed by atoms with Crippen LogP contribution in [0.2, 0.25) is 0 Å². The standard InChI is InChI=1S/C16H23N3O2/c1-11-9-12(16(17)21)4-5-13(11)10-18-8-2-3-15(20)19-14-6-7-14/h4-5,9,14,18H,2-3,6-8,10H2,1H3,(H2,17,21)(H,19,20). The van der Waals surface area contributed by atoms with Crippen LogP contribution in [0.3, 0.4) is 0 Å². The first kappa shape index (κ1) is 15.5. The number of hydrogen-bond acceptors (Lipinski definition) is 3. The fraction of sp³-hybridized carbons (Fsp3) is 0.500. The zero-order valence-corrected chi connectivity index (χ0v) is 12.4. The van der Waals surface area contributed by atoms with Gasteiger partial charge in [0.1, 0.15) is 0 Å². The number of carbonyl (C=O) groups is 2. The van der Waals surface area contributed by atoms with Gasteiger partial charge in [0.2, 0.25) is 11.8 Å². The van der Waals surface area contributed by atoms with Crippen molar-refractivity contribution in [1.82, 2.24) is 10.6 Å². The van der Waals surface area contributed by atoms with Crippen molar-refractivity contribution in [2.24, 2.45) is 5.73 Å². The highest BCUT2D eigenvalue weighted by atomic mass is 16.2. The lowest BCUT2D eigenvalue weighted by Crippen LogP contribution is -2.26. The molecular weight excluding hydrogens is 266 g/mol. The van der Waals surface area contributed by atoms with E-state index in [1.165, 1.54) is 0 Å². The molecule has 5 nitrogen and oxygen atoms in total. The van der Waals surface area contributed by atoms with Crippen LogP contribution in [0.1, 0.15) is 47.2 Å². The molecule has 21 heavy (non-hydrogen) atoms. The van der Waals surface area contributed by atoms with Crippen molar-refractivity contribution in [3.8, 4) is 0 Å². The van der Waals surface area contributed by atoms with Gasteiger partial charge in [-0.3, -0.25) is 9.59 Å². The minimum Gasteiger partial charge on any atom is -0.366 e. The predicted octanol–water partition coefficient (Wildman–Crippen LogP) is 1.24. The zero-order chi connectivity index (χ0) is 15.2. The molecule has 0 bridgehead atoms. The third-order valence-corrected chi connectivity index (χ3v) is 3.64. The number of amides is 2. The average Bonchev–Trinajstić information content (AvgIpc) is 3.23. The van der Waals surface area contributed by atoms with Crippen LogP contribution in [0, 0.1) is 6.92 Å². The number of hydrogen-bond donors (Lipinski definition) is 3. The molecule has 0 heterocycles. The molecule has 1 aliphatic carbocycles. The summed E-state index contributed by atoms with van der Waals surface area (Å²) >= 11 is 0. The second-order valence-corrected chi connectivity index (χ2v) is 5.63. The third kappa shape index (κ3) is 5.19. The Morgan fingerprint density at radius 1 is 1.33 bits per heavy atom. The molecule has 1 fully saturated rings. The van der Waals surface area contributed by atoms with Gasteiger partial charge in [0.25, 0.3) is 0 Å². The van der Waals surface area contributed by atoms with Crippen molar-refractivity contribution < 1.29 is 9.59 Å². The molecule has 5 heteroatoms. The number of nitrogens with two attached hydrogens (primary N) is 1. The van der Waals surface area contributed by atoms with Gasteiger partial charge in [-0.25, -0.2) is 0 Å². The zero-order valence-electron chi connectivity index (χ0n) is 12.4. The van der Waals surface area contributed by atoms with Gasteiger partial charge in [-0.15, -0.1) is 0 Å². The summed E-state index contributed by atoms with van der Waals surface area (Å²) in [5.41, 5.74) is 7.97. The first-order valence-electron chi connectivity index (χ1n) is 7.45. The number of benzene rings is 1. The second-order valence-electron chi connectivity index (χ2n) is 5.63. The first-order chi connectivity index (χ1) is 10.1. The van der Waals surface area contributed by atoms with Gasteiger partial charge >= 0.3 is 0 Å². The van der Waals surface area contributed by atoms with E-state index >= 15 is 0 Å².